The summed E-state index contributed by atoms with van der Waals surface area (Å²) >= 11 is 12.0. The minimum atomic E-state index is -3.84. The molecule has 0 spiro atoms. The van der Waals surface area contributed by atoms with Crippen LogP contribution in [0.2, 0.25) is 10.0 Å². The highest BCUT2D eigenvalue weighted by Crippen LogP contribution is 2.31. The Balaban J connectivity index is 2.50. The maximum absolute atomic E-state index is 12.5. The van der Waals surface area contributed by atoms with Crippen molar-refractivity contribution in [2.75, 3.05) is 4.72 Å². The molecule has 0 saturated carbocycles. The van der Waals surface area contributed by atoms with E-state index in [2.05, 4.69) is 4.72 Å². The first-order valence-electron chi connectivity index (χ1n) is 6.11. The summed E-state index contributed by atoms with van der Waals surface area (Å²) in [7, 11) is -3.84. The molecule has 0 aliphatic carbocycles. The number of halogens is 2. The molecular formula is C14H14Cl2N2O2S. The average Bonchev–Trinajstić information content (AvgIpc) is 2.43. The van der Waals surface area contributed by atoms with Crippen LogP contribution in [-0.4, -0.2) is 8.42 Å². The van der Waals surface area contributed by atoms with Crippen molar-refractivity contribution >= 4 is 38.9 Å². The summed E-state index contributed by atoms with van der Waals surface area (Å²) in [6.45, 7) is 1.91. The van der Waals surface area contributed by atoms with Gasteiger partial charge in [-0.25, -0.2) is 8.42 Å². The quantitative estimate of drug-likeness (QED) is 0.890. The zero-order valence-electron chi connectivity index (χ0n) is 11.2. The van der Waals surface area contributed by atoms with Crippen molar-refractivity contribution in [2.45, 2.75) is 18.4 Å². The van der Waals surface area contributed by atoms with E-state index in [1.807, 2.05) is 19.1 Å². The van der Waals surface area contributed by atoms with E-state index in [4.69, 9.17) is 28.9 Å². The fourth-order valence-electron chi connectivity index (χ4n) is 1.85. The standard InChI is InChI=1S/C14H14Cl2N2O2S/c1-9-4-2-3-5-12(9)18-21(19,20)13-7-11(15)6-10(8-17)14(13)16/h2-7,18H,8,17H2,1H3. The van der Waals surface area contributed by atoms with Gasteiger partial charge in [0.1, 0.15) is 4.90 Å². The summed E-state index contributed by atoms with van der Waals surface area (Å²) in [5.41, 5.74) is 7.32. The van der Waals surface area contributed by atoms with Crippen molar-refractivity contribution in [3.63, 3.8) is 0 Å². The summed E-state index contributed by atoms with van der Waals surface area (Å²) in [5.74, 6) is 0. The predicted octanol–water partition coefficient (Wildman–Crippen LogP) is 3.56. The molecule has 0 radical (unpaired) electrons. The summed E-state index contributed by atoms with van der Waals surface area (Å²) in [6.07, 6.45) is 0. The lowest BCUT2D eigenvalue weighted by Gasteiger charge is -2.13. The van der Waals surface area contributed by atoms with Crippen LogP contribution in [0.1, 0.15) is 11.1 Å². The van der Waals surface area contributed by atoms with Gasteiger partial charge in [-0.15, -0.1) is 0 Å². The zero-order valence-corrected chi connectivity index (χ0v) is 13.6. The first-order chi connectivity index (χ1) is 9.85. The first kappa shape index (κ1) is 16.1. The smallest absolute Gasteiger partial charge is 0.263 e. The van der Waals surface area contributed by atoms with Crippen LogP contribution >= 0.6 is 23.2 Å². The molecule has 2 aromatic rings. The summed E-state index contributed by atoms with van der Waals surface area (Å²) in [6, 6.07) is 9.92. The lowest BCUT2D eigenvalue weighted by atomic mass is 10.2. The summed E-state index contributed by atoms with van der Waals surface area (Å²) < 4.78 is 27.5. The van der Waals surface area contributed by atoms with Crippen LogP contribution in [0.4, 0.5) is 5.69 Å². The predicted molar refractivity (Wildman–Crippen MR) is 86.3 cm³/mol. The number of benzene rings is 2. The van der Waals surface area contributed by atoms with Crippen LogP contribution in [-0.2, 0) is 16.6 Å². The van der Waals surface area contributed by atoms with Gasteiger partial charge >= 0.3 is 0 Å². The minimum absolute atomic E-state index is 0.0830. The molecule has 0 bridgehead atoms. The maximum Gasteiger partial charge on any atom is 0.263 e. The Hall–Kier alpha value is -1.27. The molecule has 2 rings (SSSR count). The Morgan fingerprint density at radius 3 is 2.48 bits per heavy atom. The molecule has 112 valence electrons. The third kappa shape index (κ3) is 3.49. The van der Waals surface area contributed by atoms with Crippen molar-refractivity contribution in [3.05, 3.63) is 57.6 Å². The summed E-state index contributed by atoms with van der Waals surface area (Å²) in [5, 5.41) is 0.355. The van der Waals surface area contributed by atoms with Gasteiger partial charge in [0.05, 0.1) is 10.7 Å². The average molecular weight is 345 g/mol. The number of anilines is 1. The Kier molecular flexibility index (Phi) is 4.78. The molecule has 0 aliphatic rings. The van der Waals surface area contributed by atoms with Gasteiger partial charge < -0.3 is 5.73 Å². The van der Waals surface area contributed by atoms with Crippen LogP contribution in [0.5, 0.6) is 0 Å². The third-order valence-corrected chi connectivity index (χ3v) is 5.14. The van der Waals surface area contributed by atoms with Gasteiger partial charge in [0, 0.05) is 11.6 Å². The largest absolute Gasteiger partial charge is 0.326 e. The van der Waals surface area contributed by atoms with E-state index in [1.165, 1.54) is 6.07 Å². The number of hydrogen-bond donors (Lipinski definition) is 2. The molecule has 0 heterocycles. The molecule has 3 N–H and O–H groups in total. The van der Waals surface area contributed by atoms with Crippen LogP contribution in [0.15, 0.2) is 41.3 Å². The topological polar surface area (TPSA) is 72.2 Å². The second-order valence-electron chi connectivity index (χ2n) is 4.50. The minimum Gasteiger partial charge on any atom is -0.326 e. The Bertz CT molecular complexity index is 777. The molecule has 4 nitrogen and oxygen atoms in total. The van der Waals surface area contributed by atoms with Crippen LogP contribution < -0.4 is 10.5 Å². The molecule has 0 aliphatic heterocycles. The van der Waals surface area contributed by atoms with Crippen molar-refractivity contribution in [1.29, 1.82) is 0 Å². The fourth-order valence-corrected chi connectivity index (χ4v) is 3.92. The fraction of sp³-hybridized carbons (Fsp3) is 0.143. The van der Waals surface area contributed by atoms with Gasteiger partial charge in [-0.3, -0.25) is 4.72 Å². The SMILES string of the molecule is Cc1ccccc1NS(=O)(=O)c1cc(Cl)cc(CN)c1Cl. The van der Waals surface area contributed by atoms with E-state index in [0.29, 0.717) is 11.3 Å². The number of nitrogens with two attached hydrogens (primary N) is 1. The van der Waals surface area contributed by atoms with Gasteiger partial charge in [-0.1, -0.05) is 41.4 Å². The van der Waals surface area contributed by atoms with E-state index in [0.717, 1.165) is 5.56 Å². The van der Waals surface area contributed by atoms with Crippen LogP contribution in [0.3, 0.4) is 0 Å². The zero-order chi connectivity index (χ0) is 15.6. The Morgan fingerprint density at radius 2 is 1.86 bits per heavy atom. The third-order valence-electron chi connectivity index (χ3n) is 2.98. The normalized spacial score (nSPS) is 11.4. The van der Waals surface area contributed by atoms with Gasteiger partial charge in [0.25, 0.3) is 10.0 Å². The number of hydrogen-bond acceptors (Lipinski definition) is 3. The second-order valence-corrected chi connectivity index (χ2v) is 6.97. The van der Waals surface area contributed by atoms with Gasteiger partial charge in [0.2, 0.25) is 0 Å². The van der Waals surface area contributed by atoms with E-state index in [-0.39, 0.29) is 21.5 Å². The molecule has 0 amide bonds. The lowest BCUT2D eigenvalue weighted by molar-refractivity contribution is 0.601. The van der Waals surface area contributed by atoms with E-state index in [9.17, 15) is 8.42 Å². The van der Waals surface area contributed by atoms with Crippen molar-refractivity contribution < 1.29 is 8.42 Å². The monoisotopic (exact) mass is 344 g/mol. The molecule has 2 aromatic carbocycles. The van der Waals surface area contributed by atoms with E-state index in [1.54, 1.807) is 18.2 Å². The Labute approximate surface area is 133 Å². The van der Waals surface area contributed by atoms with Gasteiger partial charge in [0.15, 0.2) is 0 Å². The number of nitrogens with one attached hydrogen (secondary N) is 1. The van der Waals surface area contributed by atoms with Crippen molar-refractivity contribution in [3.8, 4) is 0 Å². The molecular weight excluding hydrogens is 331 g/mol. The number of rotatable bonds is 4. The van der Waals surface area contributed by atoms with Crippen LogP contribution in [0.25, 0.3) is 0 Å². The highest BCUT2D eigenvalue weighted by atomic mass is 35.5. The number of para-hydroxylation sites is 1. The molecule has 0 saturated heterocycles. The molecule has 0 fully saturated rings. The van der Waals surface area contributed by atoms with Gasteiger partial charge in [-0.05, 0) is 36.2 Å². The van der Waals surface area contributed by atoms with Crippen molar-refractivity contribution in [1.82, 2.24) is 0 Å². The van der Waals surface area contributed by atoms with Gasteiger partial charge in [-0.2, -0.15) is 0 Å². The van der Waals surface area contributed by atoms with E-state index < -0.39 is 10.0 Å². The maximum atomic E-state index is 12.5. The number of sulfonamides is 1. The van der Waals surface area contributed by atoms with Crippen molar-refractivity contribution in [2.24, 2.45) is 5.73 Å². The molecule has 0 aromatic heterocycles. The van der Waals surface area contributed by atoms with E-state index >= 15 is 0 Å². The molecule has 7 heteroatoms. The second kappa shape index (κ2) is 6.23. The highest BCUT2D eigenvalue weighted by Gasteiger charge is 2.21. The molecule has 0 unspecified atom stereocenters. The Morgan fingerprint density at radius 1 is 1.19 bits per heavy atom. The van der Waals surface area contributed by atoms with Crippen LogP contribution in [0, 0.1) is 6.92 Å². The highest BCUT2D eigenvalue weighted by molar-refractivity contribution is 7.92. The molecule has 0 atom stereocenters. The molecule has 21 heavy (non-hydrogen) atoms. The number of aryl methyl sites for hydroxylation is 1. The first-order valence-corrected chi connectivity index (χ1v) is 8.35. The lowest BCUT2D eigenvalue weighted by Crippen LogP contribution is -2.15. The summed E-state index contributed by atoms with van der Waals surface area (Å²) in [4.78, 5) is -0.0830.